The molecule has 2 N–H and O–H groups in total. The van der Waals surface area contributed by atoms with Crippen LogP contribution in [0.1, 0.15) is 23.5 Å². The Kier molecular flexibility index (Phi) is 4.66. The van der Waals surface area contributed by atoms with Gasteiger partial charge in [0.2, 0.25) is 5.91 Å². The minimum Gasteiger partial charge on any atom is -0.310 e. The summed E-state index contributed by atoms with van der Waals surface area (Å²) < 4.78 is 0. The third-order valence-electron chi connectivity index (χ3n) is 3.75. The Bertz CT molecular complexity index is 925. The number of nitro groups is 1. The molecule has 1 aliphatic rings. The van der Waals surface area contributed by atoms with E-state index in [4.69, 9.17) is 0 Å². The minimum atomic E-state index is -0.585. The number of anilines is 1. The van der Waals surface area contributed by atoms with Crippen LogP contribution in [0.4, 0.5) is 11.5 Å². The molecule has 1 aromatic carbocycles. The highest BCUT2D eigenvalue weighted by Crippen LogP contribution is 2.35. The second-order valence-electron chi connectivity index (χ2n) is 5.39. The predicted molar refractivity (Wildman–Crippen MR) is 94.0 cm³/mol. The average molecular weight is 358 g/mol. The van der Waals surface area contributed by atoms with Gasteiger partial charge in [-0.3, -0.25) is 19.7 Å². The van der Waals surface area contributed by atoms with Crippen LogP contribution in [-0.4, -0.2) is 26.6 Å². The number of fused-ring (bicyclic) bond motifs is 1. The Hall–Kier alpha value is -2.94. The van der Waals surface area contributed by atoms with Crippen LogP contribution in [0.3, 0.4) is 0 Å². The first-order chi connectivity index (χ1) is 12.0. The Balaban J connectivity index is 2.08. The van der Waals surface area contributed by atoms with Crippen molar-refractivity contribution in [1.82, 2.24) is 9.97 Å². The zero-order valence-electron chi connectivity index (χ0n) is 13.0. The van der Waals surface area contributed by atoms with Gasteiger partial charge in [0.25, 0.3) is 11.2 Å². The number of nitro benzene ring substituents is 1. The number of rotatable bonds is 5. The summed E-state index contributed by atoms with van der Waals surface area (Å²) >= 11 is 1.29. The molecule has 128 valence electrons. The third-order valence-corrected chi connectivity index (χ3v) is 4.62. The van der Waals surface area contributed by atoms with Gasteiger partial charge in [0.05, 0.1) is 10.5 Å². The Morgan fingerprint density at radius 1 is 1.44 bits per heavy atom. The summed E-state index contributed by atoms with van der Waals surface area (Å²) in [6.45, 7) is 3.61. The monoisotopic (exact) mass is 358 g/mol. The van der Waals surface area contributed by atoms with Crippen molar-refractivity contribution in [2.24, 2.45) is 0 Å². The second kappa shape index (κ2) is 6.89. The van der Waals surface area contributed by atoms with Crippen LogP contribution in [0, 0.1) is 10.1 Å². The molecule has 2 heterocycles. The molecule has 1 aromatic heterocycles. The summed E-state index contributed by atoms with van der Waals surface area (Å²) in [6.07, 6.45) is 1.70. The molecule has 1 amide bonds. The van der Waals surface area contributed by atoms with Crippen molar-refractivity contribution in [3.8, 4) is 0 Å². The van der Waals surface area contributed by atoms with Crippen LogP contribution in [0.15, 0.2) is 46.9 Å². The number of carbonyl (C=O) groups excluding carboxylic acids is 1. The van der Waals surface area contributed by atoms with Gasteiger partial charge in [-0.2, -0.15) is 0 Å². The summed E-state index contributed by atoms with van der Waals surface area (Å²) in [5.41, 5.74) is 0.382. The third kappa shape index (κ3) is 3.45. The van der Waals surface area contributed by atoms with Crippen molar-refractivity contribution in [2.45, 2.75) is 17.5 Å². The number of aromatic amines is 1. The highest BCUT2D eigenvalue weighted by atomic mass is 32.2. The molecule has 2 aromatic rings. The van der Waals surface area contributed by atoms with E-state index in [1.165, 1.54) is 30.0 Å². The van der Waals surface area contributed by atoms with Crippen LogP contribution < -0.4 is 10.9 Å². The van der Waals surface area contributed by atoms with Gasteiger partial charge in [-0.15, -0.1) is 6.58 Å². The number of benzene rings is 1. The number of nitrogens with one attached hydrogen (secondary N) is 2. The summed E-state index contributed by atoms with van der Waals surface area (Å²) in [5.74, 6) is -0.118. The van der Waals surface area contributed by atoms with Crippen molar-refractivity contribution >= 4 is 29.2 Å². The van der Waals surface area contributed by atoms with Crippen molar-refractivity contribution in [2.75, 3.05) is 11.1 Å². The fraction of sp³-hybridized carbons (Fsp3) is 0.188. The molecule has 9 heteroatoms. The first-order valence-corrected chi connectivity index (χ1v) is 8.40. The molecule has 3 rings (SSSR count). The van der Waals surface area contributed by atoms with E-state index in [1.807, 2.05) is 0 Å². The molecular formula is C16H14N4O4S. The quantitative estimate of drug-likeness (QED) is 0.279. The summed E-state index contributed by atoms with van der Waals surface area (Å²) in [4.78, 5) is 42.0. The van der Waals surface area contributed by atoms with Gasteiger partial charge in [0, 0.05) is 30.2 Å². The summed E-state index contributed by atoms with van der Waals surface area (Å²) in [6, 6.07) is 5.95. The average Bonchev–Trinajstić information content (AvgIpc) is 2.59. The molecule has 25 heavy (non-hydrogen) atoms. The van der Waals surface area contributed by atoms with Crippen LogP contribution in [0.5, 0.6) is 0 Å². The molecule has 0 bridgehead atoms. The van der Waals surface area contributed by atoms with E-state index in [2.05, 4.69) is 21.9 Å². The SMILES string of the molecule is C=CCSc1nc2c(c(=O)[nH]1)C(c1cccc([N+](=O)[O-])c1)CC(=O)N2. The zero-order valence-corrected chi connectivity index (χ0v) is 13.8. The van der Waals surface area contributed by atoms with Crippen LogP contribution in [0.25, 0.3) is 0 Å². The molecule has 1 atom stereocenters. The molecule has 1 unspecified atom stereocenters. The predicted octanol–water partition coefficient (Wildman–Crippen LogP) is 2.43. The van der Waals surface area contributed by atoms with Gasteiger partial charge in [-0.05, 0) is 5.56 Å². The number of nitrogens with zero attached hydrogens (tertiary/aromatic N) is 2. The number of aromatic nitrogens is 2. The van der Waals surface area contributed by atoms with E-state index < -0.39 is 10.8 Å². The smallest absolute Gasteiger partial charge is 0.269 e. The lowest BCUT2D eigenvalue weighted by Gasteiger charge is -2.24. The number of carbonyl (C=O) groups is 1. The van der Waals surface area contributed by atoms with Crippen LogP contribution >= 0.6 is 11.8 Å². The van der Waals surface area contributed by atoms with Gasteiger partial charge in [0.15, 0.2) is 5.16 Å². The number of thioether (sulfide) groups is 1. The van der Waals surface area contributed by atoms with Crippen molar-refractivity contribution < 1.29 is 9.72 Å². The summed E-state index contributed by atoms with van der Waals surface area (Å²) in [5, 5.41) is 14.0. The number of H-pyrrole nitrogens is 1. The standard InChI is InChI=1S/C16H14N4O4S/c1-2-6-25-16-18-14-13(15(22)19-16)11(8-12(21)17-14)9-4-3-5-10(7-9)20(23)24/h2-5,7,11H,1,6,8H2,(H2,17,18,19,21,22). The first kappa shape index (κ1) is 16.9. The van der Waals surface area contributed by atoms with E-state index in [-0.39, 0.29) is 29.4 Å². The van der Waals surface area contributed by atoms with Gasteiger partial charge in [-0.1, -0.05) is 30.0 Å². The molecule has 0 fully saturated rings. The number of hydrogen-bond donors (Lipinski definition) is 2. The molecule has 0 spiro atoms. The fourth-order valence-corrected chi connectivity index (χ4v) is 3.29. The highest BCUT2D eigenvalue weighted by molar-refractivity contribution is 7.99. The largest absolute Gasteiger partial charge is 0.310 e. The lowest BCUT2D eigenvalue weighted by atomic mass is 9.86. The zero-order chi connectivity index (χ0) is 18.0. The molecule has 1 aliphatic heterocycles. The van der Waals surface area contributed by atoms with Crippen molar-refractivity contribution in [1.29, 1.82) is 0 Å². The maximum absolute atomic E-state index is 12.5. The van der Waals surface area contributed by atoms with Crippen molar-refractivity contribution in [3.63, 3.8) is 0 Å². The van der Waals surface area contributed by atoms with E-state index in [0.717, 1.165) is 0 Å². The van der Waals surface area contributed by atoms with Gasteiger partial charge in [-0.25, -0.2) is 4.98 Å². The molecule has 0 saturated heterocycles. The Labute approximate surface area is 146 Å². The highest BCUT2D eigenvalue weighted by Gasteiger charge is 2.31. The van der Waals surface area contributed by atoms with Crippen LogP contribution in [0.2, 0.25) is 0 Å². The van der Waals surface area contributed by atoms with Gasteiger partial charge in [0.1, 0.15) is 5.82 Å². The van der Waals surface area contributed by atoms with E-state index in [1.54, 1.807) is 12.1 Å². The number of non-ortho nitro benzene ring substituents is 1. The van der Waals surface area contributed by atoms with E-state index in [9.17, 15) is 19.7 Å². The Morgan fingerprint density at radius 2 is 2.24 bits per heavy atom. The lowest BCUT2D eigenvalue weighted by Crippen LogP contribution is -2.31. The van der Waals surface area contributed by atoms with Crippen LogP contribution in [-0.2, 0) is 4.79 Å². The molecule has 0 saturated carbocycles. The second-order valence-corrected chi connectivity index (χ2v) is 6.40. The molecule has 0 aliphatic carbocycles. The minimum absolute atomic E-state index is 0.0259. The molecule has 8 nitrogen and oxygen atoms in total. The maximum atomic E-state index is 12.5. The number of hydrogen-bond acceptors (Lipinski definition) is 6. The van der Waals surface area contributed by atoms with Gasteiger partial charge >= 0.3 is 0 Å². The number of amides is 1. The topological polar surface area (TPSA) is 118 Å². The maximum Gasteiger partial charge on any atom is 0.269 e. The summed E-state index contributed by atoms with van der Waals surface area (Å²) in [7, 11) is 0. The molecule has 0 radical (unpaired) electrons. The van der Waals surface area contributed by atoms with E-state index >= 15 is 0 Å². The van der Waals surface area contributed by atoms with E-state index in [0.29, 0.717) is 22.0 Å². The van der Waals surface area contributed by atoms with Crippen molar-refractivity contribution in [3.05, 3.63) is 68.5 Å². The Morgan fingerprint density at radius 3 is 2.96 bits per heavy atom. The first-order valence-electron chi connectivity index (χ1n) is 7.41. The fourth-order valence-electron chi connectivity index (χ4n) is 2.70. The lowest BCUT2D eigenvalue weighted by molar-refractivity contribution is -0.384. The van der Waals surface area contributed by atoms with Gasteiger partial charge < -0.3 is 10.3 Å². The normalized spacial score (nSPS) is 16.0. The molecular weight excluding hydrogens is 344 g/mol.